The van der Waals surface area contributed by atoms with Crippen molar-refractivity contribution in [2.24, 2.45) is 16.7 Å². The molecule has 59 heavy (non-hydrogen) atoms. The predicted octanol–water partition coefficient (Wildman–Crippen LogP) is 3.93. The first kappa shape index (κ1) is 42.5. The third-order valence-electron chi connectivity index (χ3n) is 13.5. The van der Waals surface area contributed by atoms with Gasteiger partial charge < -0.3 is 48.7 Å². The minimum Gasteiger partial charge on any atom is -0.456 e. The molecule has 0 bridgehead atoms. The van der Waals surface area contributed by atoms with Crippen molar-refractivity contribution in [1.29, 1.82) is 0 Å². The number of methoxy groups -OCH3 is 2. The minimum atomic E-state index is -2.12. The van der Waals surface area contributed by atoms with E-state index in [2.05, 4.69) is 5.32 Å². The van der Waals surface area contributed by atoms with E-state index in [0.717, 1.165) is 0 Å². The highest BCUT2D eigenvalue weighted by Gasteiger charge is 2.99. The number of carbonyl (C=O) groups excluding carboxylic acids is 5. The fourth-order valence-corrected chi connectivity index (χ4v) is 11.0. The Balaban J connectivity index is 1.37. The molecule has 7 rings (SSSR count). The Morgan fingerprint density at radius 2 is 1.58 bits per heavy atom. The number of Topliss-reactive ketones (excluding diaryl/α,β-unsaturated/α-hetero) is 1. The van der Waals surface area contributed by atoms with Gasteiger partial charge in [0.2, 0.25) is 0 Å². The molecule has 1 saturated heterocycles. The quantitative estimate of drug-likeness (QED) is 0.177. The average Bonchev–Trinajstić information content (AvgIpc) is 3.61. The largest absolute Gasteiger partial charge is 0.456 e. The lowest BCUT2D eigenvalue weighted by Gasteiger charge is -2.64. The number of rotatable bonds is 10. The Labute approximate surface area is 342 Å². The second kappa shape index (κ2) is 14.5. The molecule has 0 aromatic heterocycles. The first-order valence-electron chi connectivity index (χ1n) is 19.7. The predicted molar refractivity (Wildman–Crippen MR) is 206 cm³/mol. The van der Waals surface area contributed by atoms with Gasteiger partial charge in [-0.25, -0.2) is 14.4 Å². The van der Waals surface area contributed by atoms with Gasteiger partial charge in [-0.15, -0.1) is 0 Å². The molecule has 318 valence electrons. The van der Waals surface area contributed by atoms with Crippen molar-refractivity contribution in [2.75, 3.05) is 20.8 Å². The van der Waals surface area contributed by atoms with Gasteiger partial charge in [-0.1, -0.05) is 48.5 Å². The van der Waals surface area contributed by atoms with Crippen LogP contribution >= 0.6 is 0 Å². The van der Waals surface area contributed by atoms with Crippen LogP contribution in [-0.2, 0) is 47.5 Å². The van der Waals surface area contributed by atoms with Crippen LogP contribution in [0.4, 0.5) is 4.79 Å². The number of alkyl carbamates (subject to hydrolysis) is 1. The Hall–Kier alpha value is -4.67. The van der Waals surface area contributed by atoms with E-state index < -0.39 is 105 Å². The third kappa shape index (κ3) is 6.06. The fourth-order valence-electron chi connectivity index (χ4n) is 11.0. The number of benzene rings is 2. The molecule has 2 aromatic carbocycles. The Kier molecular flexibility index (Phi) is 10.4. The van der Waals surface area contributed by atoms with Crippen molar-refractivity contribution < 1.29 is 67.3 Å². The lowest BCUT2D eigenvalue weighted by molar-refractivity contribution is -0.338. The highest BCUT2D eigenvalue weighted by Crippen LogP contribution is 2.84. The molecule has 0 spiro atoms. The number of aliphatic hydroxyl groups is 2. The molecule has 1 unspecified atom stereocenters. The number of ether oxygens (including phenoxy) is 7. The highest BCUT2D eigenvalue weighted by molar-refractivity contribution is 5.97. The van der Waals surface area contributed by atoms with Crippen LogP contribution in [0, 0.1) is 16.7 Å². The van der Waals surface area contributed by atoms with Gasteiger partial charge in [-0.2, -0.15) is 0 Å². The fraction of sp³-hybridized carbons (Fsp3) is 0.568. The second-order valence-electron chi connectivity index (χ2n) is 17.7. The van der Waals surface area contributed by atoms with Crippen molar-refractivity contribution in [1.82, 2.24) is 5.32 Å². The summed E-state index contributed by atoms with van der Waals surface area (Å²) in [7, 11) is 2.78. The van der Waals surface area contributed by atoms with Crippen LogP contribution in [0.25, 0.3) is 0 Å². The number of carbonyl (C=O) groups is 5. The standard InChI is InChI=1S/C44H53NO14/c1-23-27(56-36(50)32(47)31(25-16-12-10-13-17-25)45-38(51)59-39(3,4)5)21-43(52)41(7)30(23)33(54-9)34(48)40(6)28(53-8)20-29-42(22-55-29,57-24(2)46)37(40)44(41,43)58-35(49)26-18-14-11-15-19-26/h10-19,27-29,31-33,37,47,52H,20-22H2,1-9H3,(H,45,51)/t27-,28-,29+,31-,32+,33+,37?,40-,41-,42-,43-,44-/m0/s1. The number of hydrogen-bond donors (Lipinski definition) is 3. The molecule has 15 nitrogen and oxygen atoms in total. The van der Waals surface area contributed by atoms with Crippen LogP contribution in [0.1, 0.15) is 83.3 Å². The smallest absolute Gasteiger partial charge is 0.408 e. The van der Waals surface area contributed by atoms with Crippen LogP contribution in [0.3, 0.4) is 0 Å². The number of ketones is 1. The van der Waals surface area contributed by atoms with E-state index in [4.69, 9.17) is 33.2 Å². The molecule has 12 atom stereocenters. The molecule has 3 N–H and O–H groups in total. The van der Waals surface area contributed by atoms with Gasteiger partial charge in [-0.05, 0) is 70.4 Å². The normalized spacial score (nSPS) is 36.5. The van der Waals surface area contributed by atoms with Gasteiger partial charge in [0.15, 0.2) is 23.1 Å². The summed E-state index contributed by atoms with van der Waals surface area (Å²) in [6.45, 7) is 11.0. The molecule has 1 aliphatic heterocycles. The topological polar surface area (TPSA) is 202 Å². The zero-order valence-electron chi connectivity index (χ0n) is 34.7. The SMILES string of the molecule is CO[C@H]1C(=O)[C@@]2(C)C([C@@]3(OC(=O)c4ccccc4)[C@]4(O)C[C@H](OC(=O)[C@H](O)[C@@H](NC(=O)OC(C)(C)C)c5ccccc5)C(C)=C1[C@@]43C)[C@]1(OC(C)=O)CO[C@@H]1C[C@@H]2OC. The molecular formula is C44H53NO14. The summed E-state index contributed by atoms with van der Waals surface area (Å²) in [5, 5.41) is 27.7. The van der Waals surface area contributed by atoms with E-state index in [1.54, 1.807) is 102 Å². The zero-order valence-corrected chi connectivity index (χ0v) is 34.7. The highest BCUT2D eigenvalue weighted by atomic mass is 16.6. The first-order valence-corrected chi connectivity index (χ1v) is 19.7. The zero-order chi connectivity index (χ0) is 43.1. The maximum atomic E-state index is 15.4. The van der Waals surface area contributed by atoms with Crippen LogP contribution in [-0.4, -0.2) is 114 Å². The summed E-state index contributed by atoms with van der Waals surface area (Å²) in [5.41, 5.74) is -8.85. The van der Waals surface area contributed by atoms with Gasteiger partial charge in [0.05, 0.1) is 41.1 Å². The lowest BCUT2D eigenvalue weighted by Crippen LogP contribution is -2.79. The second-order valence-corrected chi connectivity index (χ2v) is 17.7. The van der Waals surface area contributed by atoms with E-state index in [9.17, 15) is 29.4 Å². The van der Waals surface area contributed by atoms with Gasteiger partial charge in [0.1, 0.15) is 29.5 Å². The Bertz CT molecular complexity index is 2070. The number of amides is 1. The van der Waals surface area contributed by atoms with Crippen LogP contribution in [0.15, 0.2) is 71.8 Å². The molecule has 2 aromatic rings. The maximum Gasteiger partial charge on any atom is 0.408 e. The van der Waals surface area contributed by atoms with Gasteiger partial charge in [-0.3, -0.25) is 9.59 Å². The first-order chi connectivity index (χ1) is 27.7. The summed E-state index contributed by atoms with van der Waals surface area (Å²) < 4.78 is 42.6. The van der Waals surface area contributed by atoms with Crippen molar-refractivity contribution in [3.8, 4) is 0 Å². The monoisotopic (exact) mass is 819 g/mol. The maximum absolute atomic E-state index is 15.4. The van der Waals surface area contributed by atoms with Crippen molar-refractivity contribution in [3.05, 3.63) is 82.9 Å². The number of esters is 3. The molecule has 1 amide bonds. The summed E-state index contributed by atoms with van der Waals surface area (Å²) in [5.74, 6) is -4.45. The molecule has 3 saturated carbocycles. The van der Waals surface area contributed by atoms with Gasteiger partial charge >= 0.3 is 24.0 Å². The van der Waals surface area contributed by atoms with E-state index in [1.165, 1.54) is 21.1 Å². The van der Waals surface area contributed by atoms with Crippen molar-refractivity contribution in [2.45, 2.75) is 120 Å². The summed E-state index contributed by atoms with van der Waals surface area (Å²) >= 11 is 0. The van der Waals surface area contributed by atoms with Crippen LogP contribution in [0.2, 0.25) is 0 Å². The molecule has 5 aliphatic rings. The molecule has 1 heterocycles. The van der Waals surface area contributed by atoms with Gasteiger partial charge in [0.25, 0.3) is 0 Å². The third-order valence-corrected chi connectivity index (χ3v) is 13.5. The molecule has 0 radical (unpaired) electrons. The van der Waals surface area contributed by atoms with Crippen molar-refractivity contribution >= 4 is 29.8 Å². The summed E-state index contributed by atoms with van der Waals surface area (Å²) in [4.78, 5) is 70.0. The lowest BCUT2D eigenvalue weighted by atomic mass is 9.51. The van der Waals surface area contributed by atoms with E-state index in [-0.39, 0.29) is 30.6 Å². The minimum absolute atomic E-state index is 0.132. The van der Waals surface area contributed by atoms with E-state index in [0.29, 0.717) is 11.1 Å². The van der Waals surface area contributed by atoms with Gasteiger partial charge in [0, 0.05) is 34.0 Å². The summed E-state index contributed by atoms with van der Waals surface area (Å²) in [6, 6.07) is 15.1. The van der Waals surface area contributed by atoms with Crippen LogP contribution in [0.5, 0.6) is 0 Å². The summed E-state index contributed by atoms with van der Waals surface area (Å²) in [6.07, 6.45) is -7.55. The molecule has 4 fully saturated rings. The number of fused-ring (bicyclic) bond motifs is 5. The number of aliphatic hydroxyl groups excluding tert-OH is 1. The van der Waals surface area contributed by atoms with E-state index >= 15 is 4.79 Å². The Morgan fingerprint density at radius 1 is 0.949 bits per heavy atom. The molecular weight excluding hydrogens is 766 g/mol. The molecule has 15 heteroatoms. The van der Waals surface area contributed by atoms with E-state index in [1.807, 2.05) is 0 Å². The van der Waals surface area contributed by atoms with Crippen LogP contribution < -0.4 is 5.32 Å². The average molecular weight is 820 g/mol. The van der Waals surface area contributed by atoms with Crippen molar-refractivity contribution in [3.63, 3.8) is 0 Å². The number of nitrogens with one attached hydrogen (secondary N) is 1. The molecule has 4 aliphatic carbocycles. The number of hydrogen-bond acceptors (Lipinski definition) is 14. The Morgan fingerprint density at radius 3 is 2.12 bits per heavy atom.